The Morgan fingerprint density at radius 3 is 2.57 bits per heavy atom. The van der Waals surface area contributed by atoms with Gasteiger partial charge in [-0.15, -0.1) is 24.0 Å². The number of hydrogen-bond donors (Lipinski definition) is 2. The number of hydrogen-bond acceptors (Lipinski definition) is 4. The van der Waals surface area contributed by atoms with Crippen molar-refractivity contribution < 1.29 is 4.74 Å². The minimum atomic E-state index is -0.0376. The maximum atomic E-state index is 6.02. The van der Waals surface area contributed by atoms with Gasteiger partial charge in [-0.25, -0.2) is 0 Å². The van der Waals surface area contributed by atoms with Crippen molar-refractivity contribution in [2.75, 3.05) is 44.4 Å². The quantitative estimate of drug-likeness (QED) is 0.406. The van der Waals surface area contributed by atoms with Crippen molar-refractivity contribution >= 4 is 41.7 Å². The zero-order valence-electron chi connectivity index (χ0n) is 13.4. The molecule has 21 heavy (non-hydrogen) atoms. The Balaban J connectivity index is 0.00000220. The number of thioether (sulfide) groups is 1. The van der Waals surface area contributed by atoms with Gasteiger partial charge in [0.05, 0.1) is 25.3 Å². The molecule has 3 N–H and O–H groups in total. The van der Waals surface area contributed by atoms with E-state index in [1.54, 1.807) is 0 Å². The Bertz CT molecular complexity index is 347. The second kappa shape index (κ2) is 8.21. The van der Waals surface area contributed by atoms with Crippen LogP contribution in [0.2, 0.25) is 0 Å². The van der Waals surface area contributed by atoms with Gasteiger partial charge in [-0.05, 0) is 32.9 Å². The van der Waals surface area contributed by atoms with Gasteiger partial charge in [-0.1, -0.05) is 0 Å². The number of ether oxygens (including phenoxy) is 1. The zero-order chi connectivity index (χ0) is 14.6. The van der Waals surface area contributed by atoms with Gasteiger partial charge in [-0.3, -0.25) is 9.89 Å². The van der Waals surface area contributed by atoms with Gasteiger partial charge in [0, 0.05) is 24.4 Å². The second-order valence-corrected chi connectivity index (χ2v) is 7.81. The molecule has 0 bridgehead atoms. The predicted molar refractivity (Wildman–Crippen MR) is 102 cm³/mol. The molecule has 1 atom stereocenters. The Morgan fingerprint density at radius 2 is 2.05 bits per heavy atom. The molecule has 0 amide bonds. The molecule has 7 heteroatoms. The first kappa shape index (κ1) is 19.3. The first-order valence-corrected chi connectivity index (χ1v) is 8.55. The van der Waals surface area contributed by atoms with E-state index < -0.39 is 0 Å². The molecule has 0 aliphatic carbocycles. The molecule has 2 heterocycles. The fraction of sp³-hybridized carbons (Fsp3) is 0.929. The largest absolute Gasteiger partial charge is 0.379 e. The van der Waals surface area contributed by atoms with E-state index in [4.69, 9.17) is 10.5 Å². The molecule has 0 aromatic rings. The van der Waals surface area contributed by atoms with E-state index in [1.165, 1.54) is 12.2 Å². The van der Waals surface area contributed by atoms with Crippen LogP contribution in [0.1, 0.15) is 27.2 Å². The molecule has 0 radical (unpaired) electrons. The van der Waals surface area contributed by atoms with E-state index >= 15 is 0 Å². The van der Waals surface area contributed by atoms with Crippen LogP contribution in [0.25, 0.3) is 0 Å². The van der Waals surface area contributed by atoms with Crippen LogP contribution in [-0.4, -0.2) is 66.3 Å². The molecule has 0 spiro atoms. The maximum absolute atomic E-state index is 6.02. The van der Waals surface area contributed by atoms with Gasteiger partial charge in [0.15, 0.2) is 5.96 Å². The van der Waals surface area contributed by atoms with Gasteiger partial charge in [0.25, 0.3) is 0 Å². The summed E-state index contributed by atoms with van der Waals surface area (Å²) >= 11 is 2.03. The summed E-state index contributed by atoms with van der Waals surface area (Å²) in [6.07, 6.45) is 1.20. The maximum Gasteiger partial charge on any atom is 0.189 e. The van der Waals surface area contributed by atoms with Crippen LogP contribution < -0.4 is 11.1 Å². The highest BCUT2D eigenvalue weighted by Crippen LogP contribution is 2.34. The zero-order valence-corrected chi connectivity index (χ0v) is 16.5. The van der Waals surface area contributed by atoms with E-state index in [1.807, 2.05) is 11.8 Å². The molecule has 2 aliphatic heterocycles. The lowest BCUT2D eigenvalue weighted by atomic mass is 9.96. The first-order chi connectivity index (χ1) is 9.41. The van der Waals surface area contributed by atoms with Crippen molar-refractivity contribution in [1.82, 2.24) is 10.2 Å². The Hall–Kier alpha value is 0.270. The van der Waals surface area contributed by atoms with Gasteiger partial charge in [0.2, 0.25) is 0 Å². The topological polar surface area (TPSA) is 62.9 Å². The summed E-state index contributed by atoms with van der Waals surface area (Å²) in [5.41, 5.74) is 6.16. The van der Waals surface area contributed by atoms with E-state index in [0.717, 1.165) is 38.6 Å². The van der Waals surface area contributed by atoms with Crippen molar-refractivity contribution in [3.63, 3.8) is 0 Å². The van der Waals surface area contributed by atoms with Crippen LogP contribution in [0.15, 0.2) is 4.99 Å². The highest BCUT2D eigenvalue weighted by Gasteiger charge is 2.40. The van der Waals surface area contributed by atoms with Crippen molar-refractivity contribution in [3.8, 4) is 0 Å². The fourth-order valence-electron chi connectivity index (χ4n) is 2.76. The Morgan fingerprint density at radius 1 is 1.38 bits per heavy atom. The van der Waals surface area contributed by atoms with Crippen molar-refractivity contribution in [2.45, 2.75) is 38.3 Å². The monoisotopic (exact) mass is 428 g/mol. The van der Waals surface area contributed by atoms with Crippen LogP contribution in [0.5, 0.6) is 0 Å². The number of morpholine rings is 1. The normalized spacial score (nSPS) is 28.2. The summed E-state index contributed by atoms with van der Waals surface area (Å²) in [5.74, 6) is 2.93. The number of nitrogens with one attached hydrogen (secondary N) is 1. The van der Waals surface area contributed by atoms with E-state index in [0.29, 0.717) is 5.96 Å². The highest BCUT2D eigenvalue weighted by atomic mass is 127. The third-order valence-electron chi connectivity index (χ3n) is 3.81. The van der Waals surface area contributed by atoms with Crippen LogP contribution in [0.4, 0.5) is 0 Å². The molecule has 2 fully saturated rings. The third-order valence-corrected chi connectivity index (χ3v) is 5.05. The average Bonchev–Trinajstić information content (AvgIpc) is 2.85. The number of guanidine groups is 1. The van der Waals surface area contributed by atoms with Crippen molar-refractivity contribution in [2.24, 2.45) is 10.7 Å². The molecule has 0 aromatic carbocycles. The highest BCUT2D eigenvalue weighted by molar-refractivity contribution is 14.0. The molecule has 2 aliphatic rings. The van der Waals surface area contributed by atoms with Gasteiger partial charge in [-0.2, -0.15) is 11.8 Å². The number of rotatable bonds is 3. The minimum absolute atomic E-state index is 0. The molecule has 124 valence electrons. The molecule has 0 saturated carbocycles. The lowest BCUT2D eigenvalue weighted by Gasteiger charge is -2.42. The lowest BCUT2D eigenvalue weighted by molar-refractivity contribution is -0.0104. The molecular formula is C14H29IN4OS. The Labute approximate surface area is 149 Å². The standard InChI is InChI=1S/C14H28N4OS.HI/c1-13(2,3)17-12(15)16-10-14(4-9-20-11-14)18-5-7-19-8-6-18;/h4-11H2,1-3H3,(H3,15,16,17);1H. The van der Waals surface area contributed by atoms with E-state index in [9.17, 15) is 0 Å². The van der Waals surface area contributed by atoms with Crippen LogP contribution in [0, 0.1) is 0 Å². The summed E-state index contributed by atoms with van der Waals surface area (Å²) in [6.45, 7) is 10.8. The van der Waals surface area contributed by atoms with Crippen LogP contribution in [0.3, 0.4) is 0 Å². The molecule has 2 rings (SSSR count). The fourth-order valence-corrected chi connectivity index (χ4v) is 4.23. The van der Waals surface area contributed by atoms with Gasteiger partial charge < -0.3 is 15.8 Å². The van der Waals surface area contributed by atoms with Gasteiger partial charge in [0.1, 0.15) is 0 Å². The minimum Gasteiger partial charge on any atom is -0.379 e. The lowest BCUT2D eigenvalue weighted by Crippen LogP contribution is -2.56. The number of aliphatic imine (C=N–C) groups is 1. The predicted octanol–water partition coefficient (Wildman–Crippen LogP) is 1.52. The summed E-state index contributed by atoms with van der Waals surface area (Å²) < 4.78 is 5.47. The summed E-state index contributed by atoms with van der Waals surface area (Å²) in [6, 6.07) is 0. The molecule has 5 nitrogen and oxygen atoms in total. The number of halogens is 1. The molecule has 0 aromatic heterocycles. The molecular weight excluding hydrogens is 399 g/mol. The number of nitrogens with zero attached hydrogens (tertiary/aromatic N) is 2. The summed E-state index contributed by atoms with van der Waals surface area (Å²) in [7, 11) is 0. The SMILES string of the molecule is CC(C)(C)NC(N)=NCC1(N2CCOCC2)CCSC1.I. The smallest absolute Gasteiger partial charge is 0.189 e. The molecule has 1 unspecified atom stereocenters. The third kappa shape index (κ3) is 5.76. The van der Waals surface area contributed by atoms with Crippen LogP contribution in [-0.2, 0) is 4.74 Å². The average molecular weight is 428 g/mol. The van der Waals surface area contributed by atoms with Crippen molar-refractivity contribution in [1.29, 1.82) is 0 Å². The summed E-state index contributed by atoms with van der Waals surface area (Å²) in [5, 5.41) is 3.24. The Kier molecular flexibility index (Phi) is 7.56. The van der Waals surface area contributed by atoms with Crippen molar-refractivity contribution in [3.05, 3.63) is 0 Å². The molecule has 2 saturated heterocycles. The number of nitrogens with two attached hydrogens (primary N) is 1. The van der Waals surface area contributed by atoms with E-state index in [-0.39, 0.29) is 35.1 Å². The first-order valence-electron chi connectivity index (χ1n) is 7.40. The van der Waals surface area contributed by atoms with Crippen LogP contribution >= 0.6 is 35.7 Å². The summed E-state index contributed by atoms with van der Waals surface area (Å²) in [4.78, 5) is 7.19. The van der Waals surface area contributed by atoms with E-state index in [2.05, 4.69) is 36.0 Å². The van der Waals surface area contributed by atoms with Gasteiger partial charge >= 0.3 is 0 Å². The second-order valence-electron chi connectivity index (χ2n) is 6.70.